The van der Waals surface area contributed by atoms with Gasteiger partial charge in [0.2, 0.25) is 5.91 Å². The zero-order valence-electron chi connectivity index (χ0n) is 13.4. The molecule has 2 heterocycles. The van der Waals surface area contributed by atoms with E-state index in [-0.39, 0.29) is 11.9 Å². The van der Waals surface area contributed by atoms with Crippen molar-refractivity contribution in [2.24, 2.45) is 5.92 Å². The third kappa shape index (κ3) is 3.98. The van der Waals surface area contributed by atoms with Gasteiger partial charge in [-0.1, -0.05) is 12.8 Å². The Morgan fingerprint density at radius 3 is 2.61 bits per heavy atom. The molecule has 1 aliphatic carbocycles. The van der Waals surface area contributed by atoms with E-state index in [1.165, 1.54) is 31.9 Å². The lowest BCUT2D eigenvalue weighted by Crippen LogP contribution is -2.45. The minimum Gasteiger partial charge on any atom is -0.354 e. The van der Waals surface area contributed by atoms with E-state index in [9.17, 15) is 4.79 Å². The smallest absolute Gasteiger partial charge is 0.220 e. The van der Waals surface area contributed by atoms with Crippen molar-refractivity contribution < 1.29 is 4.79 Å². The molecule has 122 valence electrons. The second-order valence-corrected chi connectivity index (χ2v) is 6.52. The van der Waals surface area contributed by atoms with Gasteiger partial charge in [-0.25, -0.2) is 9.97 Å². The first kappa shape index (κ1) is 15.7. The zero-order chi connectivity index (χ0) is 16.1. The van der Waals surface area contributed by atoms with E-state index in [4.69, 9.17) is 5.26 Å². The molecule has 2 aliphatic rings. The van der Waals surface area contributed by atoms with Crippen LogP contribution in [0.15, 0.2) is 12.4 Å². The van der Waals surface area contributed by atoms with Crippen LogP contribution in [0.5, 0.6) is 0 Å². The number of anilines is 1. The first-order valence-electron chi connectivity index (χ1n) is 8.51. The van der Waals surface area contributed by atoms with Crippen molar-refractivity contribution in [3.05, 3.63) is 18.1 Å². The molecule has 0 aromatic carbocycles. The first-order chi connectivity index (χ1) is 11.3. The number of nitrogens with one attached hydrogen (secondary N) is 1. The summed E-state index contributed by atoms with van der Waals surface area (Å²) in [6, 6.07) is 2.33. The Balaban J connectivity index is 1.48. The second kappa shape index (κ2) is 7.40. The average Bonchev–Trinajstić information content (AvgIpc) is 3.08. The maximum absolute atomic E-state index is 12.1. The number of hydrogen-bond donors (Lipinski definition) is 1. The van der Waals surface area contributed by atoms with Crippen LogP contribution < -0.4 is 10.2 Å². The number of amides is 1. The van der Waals surface area contributed by atoms with Gasteiger partial charge >= 0.3 is 0 Å². The summed E-state index contributed by atoms with van der Waals surface area (Å²) in [6.45, 7) is 1.59. The number of rotatable bonds is 4. The van der Waals surface area contributed by atoms with Crippen LogP contribution in [0, 0.1) is 17.2 Å². The van der Waals surface area contributed by atoms with E-state index >= 15 is 0 Å². The van der Waals surface area contributed by atoms with Crippen LogP contribution in [0.3, 0.4) is 0 Å². The highest BCUT2D eigenvalue weighted by Gasteiger charge is 2.25. The Kier molecular flexibility index (Phi) is 5.06. The van der Waals surface area contributed by atoms with Crippen molar-refractivity contribution in [3.63, 3.8) is 0 Å². The summed E-state index contributed by atoms with van der Waals surface area (Å²) in [5.74, 6) is 1.45. The predicted octanol–water partition coefficient (Wildman–Crippen LogP) is 2.01. The van der Waals surface area contributed by atoms with Gasteiger partial charge in [0, 0.05) is 37.9 Å². The molecule has 1 N–H and O–H groups in total. The molecule has 0 atom stereocenters. The number of aromatic nitrogens is 2. The largest absolute Gasteiger partial charge is 0.354 e. The standard InChI is InChI=1S/C17H23N5O/c18-12-15-17(20-8-7-19-15)22-9-5-14(6-10-22)21-16(23)11-13-3-1-2-4-13/h7-8,13-14H,1-6,9-11H2,(H,21,23). The molecular weight excluding hydrogens is 290 g/mol. The SMILES string of the molecule is N#Cc1nccnc1N1CCC(NC(=O)CC2CCCC2)CC1. The van der Waals surface area contributed by atoms with Crippen molar-refractivity contribution in [3.8, 4) is 6.07 Å². The van der Waals surface area contributed by atoms with E-state index < -0.39 is 0 Å². The monoisotopic (exact) mass is 313 g/mol. The molecule has 1 aromatic heterocycles. The van der Waals surface area contributed by atoms with Crippen LogP contribution in [0.1, 0.15) is 50.6 Å². The van der Waals surface area contributed by atoms with Gasteiger partial charge in [0.25, 0.3) is 0 Å². The summed E-state index contributed by atoms with van der Waals surface area (Å²) in [4.78, 5) is 22.6. The Morgan fingerprint density at radius 1 is 1.22 bits per heavy atom. The predicted molar refractivity (Wildman–Crippen MR) is 86.7 cm³/mol. The topological polar surface area (TPSA) is 81.9 Å². The molecular formula is C17H23N5O. The van der Waals surface area contributed by atoms with Crippen molar-refractivity contribution in [2.75, 3.05) is 18.0 Å². The molecule has 0 spiro atoms. The van der Waals surface area contributed by atoms with E-state index in [2.05, 4.69) is 26.3 Å². The molecule has 1 aliphatic heterocycles. The summed E-state index contributed by atoms with van der Waals surface area (Å²) in [7, 11) is 0. The van der Waals surface area contributed by atoms with Crippen molar-refractivity contribution in [1.82, 2.24) is 15.3 Å². The lowest BCUT2D eigenvalue weighted by atomic mass is 10.0. The second-order valence-electron chi connectivity index (χ2n) is 6.52. The molecule has 23 heavy (non-hydrogen) atoms. The minimum atomic E-state index is 0.201. The van der Waals surface area contributed by atoms with E-state index in [0.717, 1.165) is 25.9 Å². The Morgan fingerprint density at radius 2 is 1.91 bits per heavy atom. The van der Waals surface area contributed by atoms with Gasteiger partial charge in [-0.05, 0) is 31.6 Å². The molecule has 6 nitrogen and oxygen atoms in total. The van der Waals surface area contributed by atoms with Gasteiger partial charge in [-0.15, -0.1) is 0 Å². The third-order valence-electron chi connectivity index (χ3n) is 4.89. The first-order valence-corrected chi connectivity index (χ1v) is 8.51. The minimum absolute atomic E-state index is 0.201. The van der Waals surface area contributed by atoms with Gasteiger partial charge in [0.15, 0.2) is 11.5 Å². The molecule has 6 heteroatoms. The molecule has 1 saturated heterocycles. The molecule has 0 bridgehead atoms. The molecule has 1 saturated carbocycles. The highest BCUT2D eigenvalue weighted by molar-refractivity contribution is 5.76. The Labute approximate surface area is 136 Å². The summed E-state index contributed by atoms with van der Waals surface area (Å²) >= 11 is 0. The van der Waals surface area contributed by atoms with E-state index in [1.807, 2.05) is 0 Å². The fourth-order valence-electron chi connectivity index (χ4n) is 3.64. The zero-order valence-corrected chi connectivity index (χ0v) is 13.4. The van der Waals surface area contributed by atoms with Gasteiger partial charge < -0.3 is 10.2 Å². The fraction of sp³-hybridized carbons (Fsp3) is 0.647. The van der Waals surface area contributed by atoms with Crippen LogP contribution in [0.25, 0.3) is 0 Å². The number of hydrogen-bond acceptors (Lipinski definition) is 5. The van der Waals surface area contributed by atoms with Crippen molar-refractivity contribution in [1.29, 1.82) is 5.26 Å². The Hall–Kier alpha value is -2.16. The van der Waals surface area contributed by atoms with E-state index in [1.54, 1.807) is 6.20 Å². The normalized spacial score (nSPS) is 19.5. The summed E-state index contributed by atoms with van der Waals surface area (Å²) in [5.41, 5.74) is 0.371. The van der Waals surface area contributed by atoms with Gasteiger partial charge in [0.05, 0.1) is 0 Å². The third-order valence-corrected chi connectivity index (χ3v) is 4.89. The number of nitrogens with zero attached hydrogens (tertiary/aromatic N) is 4. The quantitative estimate of drug-likeness (QED) is 0.919. The lowest BCUT2D eigenvalue weighted by Gasteiger charge is -2.33. The van der Waals surface area contributed by atoms with Crippen molar-refractivity contribution >= 4 is 11.7 Å². The average molecular weight is 313 g/mol. The van der Waals surface area contributed by atoms with Crippen LogP contribution in [0.4, 0.5) is 5.82 Å². The van der Waals surface area contributed by atoms with Gasteiger partial charge in [-0.3, -0.25) is 4.79 Å². The molecule has 2 fully saturated rings. The number of nitriles is 1. The molecule has 1 amide bonds. The summed E-state index contributed by atoms with van der Waals surface area (Å²) in [5, 5.41) is 12.3. The summed E-state index contributed by atoms with van der Waals surface area (Å²) in [6.07, 6.45) is 10.6. The maximum Gasteiger partial charge on any atom is 0.220 e. The highest BCUT2D eigenvalue weighted by Crippen LogP contribution is 2.27. The van der Waals surface area contributed by atoms with Crippen molar-refractivity contribution in [2.45, 2.75) is 51.0 Å². The molecule has 1 aromatic rings. The van der Waals surface area contributed by atoms with Crippen LogP contribution >= 0.6 is 0 Å². The van der Waals surface area contributed by atoms with E-state index in [0.29, 0.717) is 23.9 Å². The number of carbonyl (C=O) groups is 1. The van der Waals surface area contributed by atoms with Gasteiger partial charge in [0.1, 0.15) is 6.07 Å². The fourth-order valence-corrected chi connectivity index (χ4v) is 3.64. The molecule has 3 rings (SSSR count). The van der Waals surface area contributed by atoms with Crippen LogP contribution in [-0.2, 0) is 4.79 Å². The molecule has 0 unspecified atom stereocenters. The Bertz CT molecular complexity index is 583. The summed E-state index contributed by atoms with van der Waals surface area (Å²) < 4.78 is 0. The van der Waals surface area contributed by atoms with Gasteiger partial charge in [-0.2, -0.15) is 5.26 Å². The number of piperidine rings is 1. The maximum atomic E-state index is 12.1. The number of carbonyl (C=O) groups excluding carboxylic acids is 1. The molecule has 0 radical (unpaired) electrons. The van der Waals surface area contributed by atoms with Crippen LogP contribution in [0.2, 0.25) is 0 Å². The van der Waals surface area contributed by atoms with Crippen LogP contribution in [-0.4, -0.2) is 35.0 Å². The highest BCUT2D eigenvalue weighted by atomic mass is 16.1. The lowest BCUT2D eigenvalue weighted by molar-refractivity contribution is -0.122.